The first-order chi connectivity index (χ1) is 27.8. The molecule has 0 saturated heterocycles. The Labute approximate surface area is 325 Å². The van der Waals surface area contributed by atoms with Crippen molar-refractivity contribution in [1.82, 2.24) is 24.5 Å². The summed E-state index contributed by atoms with van der Waals surface area (Å²) in [5.41, 5.74) is 14.9. The van der Waals surface area contributed by atoms with Gasteiger partial charge in [-0.2, -0.15) is 0 Å². The van der Waals surface area contributed by atoms with Crippen LogP contribution in [0.15, 0.2) is 189 Å². The van der Waals surface area contributed by atoms with Crippen molar-refractivity contribution in [3.8, 4) is 39.3 Å². The number of nitrogens with zero attached hydrogens (tertiary/aromatic N) is 6. The molecular formula is C50H36N6. The number of allylic oxidation sites excluding steroid dienone is 1. The number of anilines is 2. The molecule has 0 bridgehead atoms. The first-order valence-corrected chi connectivity index (χ1v) is 19.2. The zero-order chi connectivity index (χ0) is 37.0. The largest absolute Gasteiger partial charge is 0.332 e. The van der Waals surface area contributed by atoms with Crippen LogP contribution >= 0.6 is 0 Å². The van der Waals surface area contributed by atoms with E-state index in [1.54, 1.807) is 0 Å². The summed E-state index contributed by atoms with van der Waals surface area (Å²) in [6.07, 6.45) is 17.4. The van der Waals surface area contributed by atoms with Gasteiger partial charge in [-0.25, -0.2) is 0 Å². The molecule has 0 spiro atoms. The Kier molecular flexibility index (Phi) is 7.66. The van der Waals surface area contributed by atoms with Gasteiger partial charge in [-0.05, 0) is 108 Å². The van der Waals surface area contributed by atoms with Gasteiger partial charge in [0, 0.05) is 69.9 Å². The number of aromatic nitrogens is 5. The summed E-state index contributed by atoms with van der Waals surface area (Å²) in [7, 11) is 0. The average molecular weight is 721 g/mol. The van der Waals surface area contributed by atoms with Crippen molar-refractivity contribution in [3.63, 3.8) is 0 Å². The predicted octanol–water partition coefficient (Wildman–Crippen LogP) is 11.7. The van der Waals surface area contributed by atoms with Crippen molar-refractivity contribution in [1.29, 1.82) is 0 Å². The number of benzene rings is 4. The van der Waals surface area contributed by atoms with Crippen LogP contribution in [-0.2, 0) is 0 Å². The summed E-state index contributed by atoms with van der Waals surface area (Å²) in [5, 5.41) is 2.37. The van der Waals surface area contributed by atoms with Gasteiger partial charge in [0.1, 0.15) is 0 Å². The lowest BCUT2D eigenvalue weighted by Crippen LogP contribution is -2.31. The predicted molar refractivity (Wildman–Crippen MR) is 226 cm³/mol. The van der Waals surface area contributed by atoms with E-state index in [-0.39, 0.29) is 6.04 Å². The van der Waals surface area contributed by atoms with Crippen LogP contribution in [0.1, 0.15) is 29.4 Å². The van der Waals surface area contributed by atoms with E-state index < -0.39 is 0 Å². The highest BCUT2D eigenvalue weighted by Gasteiger charge is 2.41. The second kappa shape index (κ2) is 13.3. The van der Waals surface area contributed by atoms with E-state index in [0.29, 0.717) is 11.8 Å². The second-order valence-corrected chi connectivity index (χ2v) is 14.7. The van der Waals surface area contributed by atoms with Gasteiger partial charge in [0.2, 0.25) is 0 Å². The minimum absolute atomic E-state index is 0.184. The summed E-state index contributed by atoms with van der Waals surface area (Å²) in [6.45, 7) is 0. The molecule has 11 rings (SSSR count). The van der Waals surface area contributed by atoms with E-state index in [0.717, 1.165) is 62.5 Å². The summed E-state index contributed by atoms with van der Waals surface area (Å²) in [6, 6.07) is 49.9. The molecule has 0 fully saturated rings. The van der Waals surface area contributed by atoms with Crippen molar-refractivity contribution in [2.45, 2.75) is 24.3 Å². The number of fused-ring (bicyclic) bond motifs is 6. The molecule has 1 aliphatic heterocycles. The highest BCUT2D eigenvalue weighted by molar-refractivity contribution is 6.10. The van der Waals surface area contributed by atoms with E-state index in [2.05, 4.69) is 157 Å². The van der Waals surface area contributed by atoms with Crippen molar-refractivity contribution >= 4 is 33.2 Å². The van der Waals surface area contributed by atoms with Gasteiger partial charge < -0.3 is 9.47 Å². The molecule has 6 heterocycles. The van der Waals surface area contributed by atoms with Gasteiger partial charge in [0.25, 0.3) is 0 Å². The fourth-order valence-corrected chi connectivity index (χ4v) is 9.04. The lowest BCUT2D eigenvalue weighted by Gasteiger charge is -2.33. The minimum Gasteiger partial charge on any atom is -0.332 e. The molecule has 6 heteroatoms. The Balaban J connectivity index is 0.970. The molecular weight excluding hydrogens is 685 g/mol. The Morgan fingerprint density at radius 2 is 1.23 bits per heavy atom. The third-order valence-electron chi connectivity index (χ3n) is 11.6. The first-order valence-electron chi connectivity index (χ1n) is 19.2. The van der Waals surface area contributed by atoms with Crippen LogP contribution < -0.4 is 4.90 Å². The van der Waals surface area contributed by atoms with Crippen LogP contribution in [0.25, 0.3) is 61.1 Å². The van der Waals surface area contributed by atoms with Crippen LogP contribution in [0.3, 0.4) is 0 Å². The smallest absolute Gasteiger partial charge is 0.0724 e. The second-order valence-electron chi connectivity index (χ2n) is 14.7. The minimum atomic E-state index is 0.184. The lowest BCUT2D eigenvalue weighted by molar-refractivity contribution is 0.533. The van der Waals surface area contributed by atoms with Crippen LogP contribution in [0.2, 0.25) is 0 Å². The van der Waals surface area contributed by atoms with Crippen LogP contribution in [0.4, 0.5) is 11.4 Å². The Morgan fingerprint density at radius 1 is 0.500 bits per heavy atom. The molecule has 2 aliphatic rings. The first kappa shape index (κ1) is 32.3. The molecule has 3 unspecified atom stereocenters. The third kappa shape index (κ3) is 5.41. The number of hydrogen-bond acceptors (Lipinski definition) is 5. The van der Waals surface area contributed by atoms with E-state index >= 15 is 0 Å². The maximum absolute atomic E-state index is 4.63. The number of pyridine rings is 4. The number of hydrogen-bond donors (Lipinski definition) is 0. The maximum Gasteiger partial charge on any atom is 0.0724 e. The molecule has 1 aliphatic carbocycles. The van der Waals surface area contributed by atoms with Gasteiger partial charge in [0.05, 0.1) is 46.5 Å². The van der Waals surface area contributed by atoms with E-state index in [1.165, 1.54) is 27.6 Å². The molecule has 5 aromatic heterocycles. The standard InChI is InChI=1S/C50H36N6/c1-3-22-53-45(14-1)37-10-5-8-33(26-37)35-16-18-47-43(28-35)41-20-24-51-31-49(41)55(47)39-12-7-13-40(30-39)56-48-19-17-36(29-44(48)42-21-25-52-32-50(42)56)34-9-6-11-38(27-34)46-15-2-4-23-54-46/h1-28,30-32,36,44,48H,29H2. The van der Waals surface area contributed by atoms with E-state index in [4.69, 9.17) is 0 Å². The van der Waals surface area contributed by atoms with Crippen molar-refractivity contribution in [2.24, 2.45) is 0 Å². The molecule has 4 aromatic carbocycles. The number of rotatable bonds is 6. The van der Waals surface area contributed by atoms with Gasteiger partial charge in [0.15, 0.2) is 0 Å². The SMILES string of the molecule is C1=CC2C(CC1c1cccc(-c3ccccn3)c1)c1ccncc1N2c1cccc(-n2c3ccc(-c4cccc(-c5ccccn5)c4)cc3c3ccncc32)c1. The van der Waals surface area contributed by atoms with E-state index in [1.807, 2.05) is 61.4 Å². The lowest BCUT2D eigenvalue weighted by atomic mass is 9.78. The fourth-order valence-electron chi connectivity index (χ4n) is 9.04. The van der Waals surface area contributed by atoms with Crippen molar-refractivity contribution in [2.75, 3.05) is 4.90 Å². The molecule has 56 heavy (non-hydrogen) atoms. The fraction of sp³-hybridized carbons (Fsp3) is 0.0800. The summed E-state index contributed by atoms with van der Waals surface area (Å²) < 4.78 is 2.36. The van der Waals surface area contributed by atoms with E-state index in [9.17, 15) is 0 Å². The summed E-state index contributed by atoms with van der Waals surface area (Å²) >= 11 is 0. The summed E-state index contributed by atoms with van der Waals surface area (Å²) in [5.74, 6) is 0.636. The Bertz CT molecular complexity index is 2930. The third-order valence-corrected chi connectivity index (χ3v) is 11.6. The van der Waals surface area contributed by atoms with Crippen molar-refractivity contribution < 1.29 is 0 Å². The van der Waals surface area contributed by atoms with Gasteiger partial charge in [-0.1, -0.05) is 72.8 Å². The monoisotopic (exact) mass is 720 g/mol. The van der Waals surface area contributed by atoms with Crippen molar-refractivity contribution in [3.05, 3.63) is 200 Å². The van der Waals surface area contributed by atoms with Gasteiger partial charge >= 0.3 is 0 Å². The zero-order valence-electron chi connectivity index (χ0n) is 30.5. The summed E-state index contributed by atoms with van der Waals surface area (Å²) in [4.78, 5) is 20.9. The maximum atomic E-state index is 4.63. The molecule has 0 amide bonds. The normalized spacial score (nSPS) is 17.3. The topological polar surface area (TPSA) is 59.7 Å². The molecule has 6 nitrogen and oxygen atoms in total. The molecule has 0 saturated carbocycles. The Hall–Kier alpha value is -7.18. The zero-order valence-corrected chi connectivity index (χ0v) is 30.5. The molecule has 0 N–H and O–H groups in total. The molecule has 266 valence electrons. The average Bonchev–Trinajstić information content (AvgIpc) is 3.79. The van der Waals surface area contributed by atoms with Gasteiger partial charge in [-0.3, -0.25) is 19.9 Å². The molecule has 0 radical (unpaired) electrons. The highest BCUT2D eigenvalue weighted by atomic mass is 15.2. The van der Waals surface area contributed by atoms with Crippen LogP contribution in [0, 0.1) is 0 Å². The van der Waals surface area contributed by atoms with Crippen LogP contribution in [-0.4, -0.2) is 30.5 Å². The van der Waals surface area contributed by atoms with Crippen LogP contribution in [0.5, 0.6) is 0 Å². The quantitative estimate of drug-likeness (QED) is 0.160. The molecule has 3 atom stereocenters. The highest BCUT2D eigenvalue weighted by Crippen LogP contribution is 2.52. The van der Waals surface area contributed by atoms with Gasteiger partial charge in [-0.15, -0.1) is 0 Å². The Morgan fingerprint density at radius 3 is 2.07 bits per heavy atom. The molecule has 9 aromatic rings.